The molecule has 1 aromatic rings. The minimum atomic E-state index is -0.543. The summed E-state index contributed by atoms with van der Waals surface area (Å²) in [6.45, 7) is 2.84. The zero-order chi connectivity index (χ0) is 15.0. The van der Waals surface area contributed by atoms with E-state index in [1.165, 1.54) is 18.2 Å². The van der Waals surface area contributed by atoms with Crippen molar-refractivity contribution in [2.75, 3.05) is 19.3 Å². The van der Waals surface area contributed by atoms with E-state index in [4.69, 9.17) is 5.73 Å². The van der Waals surface area contributed by atoms with E-state index in [0.717, 1.165) is 6.42 Å². The Labute approximate surface area is 123 Å². The number of benzene rings is 1. The van der Waals surface area contributed by atoms with Crippen LogP contribution in [0, 0.1) is 17.7 Å². The van der Waals surface area contributed by atoms with E-state index in [-0.39, 0.29) is 12.1 Å². The highest BCUT2D eigenvalue weighted by Crippen LogP contribution is 2.11. The van der Waals surface area contributed by atoms with E-state index >= 15 is 0 Å². The highest BCUT2D eigenvalue weighted by Gasteiger charge is 2.12. The lowest BCUT2D eigenvalue weighted by Crippen LogP contribution is -2.26. The first kappa shape index (κ1) is 16.5. The average molecular weight is 294 g/mol. The molecular weight excluding hydrogens is 275 g/mol. The van der Waals surface area contributed by atoms with Gasteiger partial charge in [-0.1, -0.05) is 18.8 Å². The van der Waals surface area contributed by atoms with Crippen molar-refractivity contribution in [3.05, 3.63) is 35.1 Å². The number of nitrogens with one attached hydrogen (secondary N) is 1. The van der Waals surface area contributed by atoms with Gasteiger partial charge in [0.05, 0.1) is 12.1 Å². The predicted octanol–water partition coefficient (Wildman–Crippen LogP) is 2.01. The summed E-state index contributed by atoms with van der Waals surface area (Å²) < 4.78 is 13.7. The van der Waals surface area contributed by atoms with Crippen molar-refractivity contribution in [1.82, 2.24) is 5.32 Å². The molecule has 0 saturated carbocycles. The van der Waals surface area contributed by atoms with Crippen molar-refractivity contribution in [3.8, 4) is 11.8 Å². The fraction of sp³-hybridized carbons (Fsp3) is 0.400. The standard InChI is InChI=1S/C15H19FN2OS/c1-11(20-2)7-9-18-15(19)13-10-12(4-3-8-17)5-6-14(13)16/h5-6,10-11H,7-9,17H2,1-2H3,(H,18,19). The van der Waals surface area contributed by atoms with Gasteiger partial charge in [-0.25, -0.2) is 4.39 Å². The fourth-order valence-corrected chi connectivity index (χ4v) is 1.89. The Balaban J connectivity index is 2.71. The summed E-state index contributed by atoms with van der Waals surface area (Å²) in [5.74, 6) is 4.51. The smallest absolute Gasteiger partial charge is 0.254 e. The Kier molecular flexibility index (Phi) is 7.13. The van der Waals surface area contributed by atoms with Crippen molar-refractivity contribution in [1.29, 1.82) is 0 Å². The van der Waals surface area contributed by atoms with E-state index in [2.05, 4.69) is 24.1 Å². The molecule has 1 atom stereocenters. The number of halogens is 1. The normalized spacial score (nSPS) is 11.4. The monoisotopic (exact) mass is 294 g/mol. The summed E-state index contributed by atoms with van der Waals surface area (Å²) in [5.41, 5.74) is 5.88. The summed E-state index contributed by atoms with van der Waals surface area (Å²) in [6.07, 6.45) is 2.87. The Morgan fingerprint density at radius 3 is 2.95 bits per heavy atom. The molecule has 0 aromatic heterocycles. The fourth-order valence-electron chi connectivity index (χ4n) is 1.53. The zero-order valence-electron chi connectivity index (χ0n) is 11.7. The van der Waals surface area contributed by atoms with Crippen molar-refractivity contribution in [3.63, 3.8) is 0 Å². The lowest BCUT2D eigenvalue weighted by Gasteiger charge is -2.09. The van der Waals surface area contributed by atoms with Crippen LogP contribution in [0.5, 0.6) is 0 Å². The third-order valence-electron chi connectivity index (χ3n) is 2.78. The molecule has 3 nitrogen and oxygen atoms in total. The molecule has 0 aliphatic carbocycles. The van der Waals surface area contributed by atoms with Crippen LogP contribution in [0.25, 0.3) is 0 Å². The third-order valence-corrected chi connectivity index (χ3v) is 3.83. The van der Waals surface area contributed by atoms with Gasteiger partial charge < -0.3 is 11.1 Å². The Morgan fingerprint density at radius 2 is 2.30 bits per heavy atom. The van der Waals surface area contributed by atoms with Crippen LogP contribution < -0.4 is 11.1 Å². The number of nitrogens with two attached hydrogens (primary N) is 1. The van der Waals surface area contributed by atoms with E-state index in [0.29, 0.717) is 17.4 Å². The molecule has 1 amide bonds. The van der Waals surface area contributed by atoms with Crippen LogP contribution in [0.4, 0.5) is 4.39 Å². The molecule has 3 N–H and O–H groups in total. The third kappa shape index (κ3) is 5.24. The molecule has 0 aliphatic heterocycles. The molecule has 0 bridgehead atoms. The molecular formula is C15H19FN2OS. The predicted molar refractivity (Wildman–Crippen MR) is 82.3 cm³/mol. The summed E-state index contributed by atoms with van der Waals surface area (Å²) in [7, 11) is 0. The second-order valence-corrected chi connectivity index (χ2v) is 5.57. The van der Waals surface area contributed by atoms with E-state index in [9.17, 15) is 9.18 Å². The lowest BCUT2D eigenvalue weighted by atomic mass is 10.1. The number of hydrogen-bond donors (Lipinski definition) is 2. The summed E-state index contributed by atoms with van der Waals surface area (Å²) in [5, 5.41) is 3.18. The first-order chi connectivity index (χ1) is 9.58. The van der Waals surface area contributed by atoms with Gasteiger partial charge >= 0.3 is 0 Å². The van der Waals surface area contributed by atoms with Crippen LogP contribution in [0.2, 0.25) is 0 Å². The second kappa shape index (κ2) is 8.62. The maximum Gasteiger partial charge on any atom is 0.254 e. The summed E-state index contributed by atoms with van der Waals surface area (Å²) in [6, 6.07) is 4.23. The molecule has 0 saturated heterocycles. The highest BCUT2D eigenvalue weighted by molar-refractivity contribution is 7.99. The van der Waals surface area contributed by atoms with Gasteiger partial charge in [0.25, 0.3) is 5.91 Å². The molecule has 0 fully saturated rings. The first-order valence-corrected chi connectivity index (χ1v) is 7.66. The Bertz CT molecular complexity index is 522. The molecule has 20 heavy (non-hydrogen) atoms. The first-order valence-electron chi connectivity index (χ1n) is 6.38. The number of thioether (sulfide) groups is 1. The largest absolute Gasteiger partial charge is 0.352 e. The Hall–Kier alpha value is -1.51. The number of amides is 1. The molecule has 1 rings (SSSR count). The Morgan fingerprint density at radius 1 is 1.55 bits per heavy atom. The molecule has 0 aliphatic rings. The van der Waals surface area contributed by atoms with Gasteiger partial charge in [-0.15, -0.1) is 0 Å². The lowest BCUT2D eigenvalue weighted by molar-refractivity contribution is 0.0949. The molecule has 108 valence electrons. The quantitative estimate of drug-likeness (QED) is 0.817. The van der Waals surface area contributed by atoms with Crippen LogP contribution in [-0.4, -0.2) is 30.5 Å². The van der Waals surface area contributed by atoms with Crippen molar-refractivity contribution < 1.29 is 9.18 Å². The molecule has 1 aromatic carbocycles. The summed E-state index contributed by atoms with van der Waals surface area (Å²) >= 11 is 1.73. The van der Waals surface area contributed by atoms with Crippen molar-refractivity contribution in [2.24, 2.45) is 5.73 Å². The van der Waals surface area contributed by atoms with Crippen LogP contribution in [0.3, 0.4) is 0 Å². The van der Waals surface area contributed by atoms with Gasteiger partial charge in [-0.3, -0.25) is 4.79 Å². The number of rotatable bonds is 5. The SMILES string of the molecule is CSC(C)CCNC(=O)c1cc(C#CCN)ccc1F. The van der Waals surface area contributed by atoms with Crippen LogP contribution in [-0.2, 0) is 0 Å². The second-order valence-electron chi connectivity index (χ2n) is 4.29. The van der Waals surface area contributed by atoms with E-state index in [1.807, 2.05) is 6.26 Å². The van der Waals surface area contributed by atoms with E-state index < -0.39 is 11.7 Å². The van der Waals surface area contributed by atoms with Gasteiger partial charge in [0.15, 0.2) is 0 Å². The van der Waals surface area contributed by atoms with Gasteiger partial charge in [0, 0.05) is 17.4 Å². The highest BCUT2D eigenvalue weighted by atomic mass is 32.2. The van der Waals surface area contributed by atoms with Gasteiger partial charge in [-0.05, 0) is 30.9 Å². The number of carbonyl (C=O) groups excluding carboxylic acids is 1. The number of carbonyl (C=O) groups is 1. The van der Waals surface area contributed by atoms with Crippen LogP contribution in [0.1, 0.15) is 29.3 Å². The van der Waals surface area contributed by atoms with Gasteiger partial charge in [0.1, 0.15) is 5.82 Å². The van der Waals surface area contributed by atoms with Gasteiger partial charge in [-0.2, -0.15) is 11.8 Å². The maximum absolute atomic E-state index is 13.7. The van der Waals surface area contributed by atoms with Crippen LogP contribution >= 0.6 is 11.8 Å². The number of hydrogen-bond acceptors (Lipinski definition) is 3. The van der Waals surface area contributed by atoms with Gasteiger partial charge in [0.2, 0.25) is 0 Å². The van der Waals surface area contributed by atoms with Crippen molar-refractivity contribution >= 4 is 17.7 Å². The summed E-state index contributed by atoms with van der Waals surface area (Å²) in [4.78, 5) is 11.9. The minimum Gasteiger partial charge on any atom is -0.352 e. The minimum absolute atomic E-state index is 0.0191. The molecule has 1 unspecified atom stereocenters. The molecule has 0 spiro atoms. The topological polar surface area (TPSA) is 55.1 Å². The molecule has 0 heterocycles. The molecule has 5 heteroatoms. The van der Waals surface area contributed by atoms with Crippen molar-refractivity contribution in [2.45, 2.75) is 18.6 Å². The maximum atomic E-state index is 13.7. The zero-order valence-corrected chi connectivity index (χ0v) is 12.5. The van der Waals surface area contributed by atoms with E-state index in [1.54, 1.807) is 11.8 Å². The van der Waals surface area contributed by atoms with Crippen LogP contribution in [0.15, 0.2) is 18.2 Å². The molecule has 0 radical (unpaired) electrons. The average Bonchev–Trinajstić information content (AvgIpc) is 2.45.